The van der Waals surface area contributed by atoms with Gasteiger partial charge in [0.2, 0.25) is 0 Å². The van der Waals surface area contributed by atoms with Gasteiger partial charge in [-0.25, -0.2) is 0 Å². The molecule has 1 aromatic carbocycles. The number of nitrogens with zero attached hydrogens (tertiary/aromatic N) is 1. The molecule has 3 nitrogen and oxygen atoms in total. The smallest absolute Gasteiger partial charge is 0.119 e. The highest BCUT2D eigenvalue weighted by molar-refractivity contribution is 5.29. The molecule has 1 aromatic rings. The van der Waals surface area contributed by atoms with Crippen molar-refractivity contribution in [3.8, 4) is 5.75 Å². The fourth-order valence-electron chi connectivity index (χ4n) is 1.75. The molecular weight excluding hydrogens is 236 g/mol. The van der Waals surface area contributed by atoms with Crippen molar-refractivity contribution in [2.45, 2.75) is 45.9 Å². The van der Waals surface area contributed by atoms with E-state index in [-0.39, 0.29) is 6.10 Å². The molecule has 0 aromatic heterocycles. The Morgan fingerprint density at radius 3 is 2.11 bits per heavy atom. The molecule has 19 heavy (non-hydrogen) atoms. The number of rotatable bonds is 7. The van der Waals surface area contributed by atoms with Gasteiger partial charge in [-0.3, -0.25) is 0 Å². The molecule has 2 unspecified atom stereocenters. The number of hydrogen-bond donors (Lipinski definition) is 1. The lowest BCUT2D eigenvalue weighted by Gasteiger charge is -2.23. The van der Waals surface area contributed by atoms with Crippen LogP contribution in [0.25, 0.3) is 0 Å². The van der Waals surface area contributed by atoms with Crippen LogP contribution in [0.3, 0.4) is 0 Å². The maximum absolute atomic E-state index is 5.65. The Morgan fingerprint density at radius 1 is 1.05 bits per heavy atom. The summed E-state index contributed by atoms with van der Waals surface area (Å²) in [7, 11) is 4.21. The third kappa shape index (κ3) is 5.62. The van der Waals surface area contributed by atoms with Gasteiger partial charge in [0.05, 0.1) is 6.10 Å². The fraction of sp³-hybridized carbons (Fsp3) is 0.625. The summed E-state index contributed by atoms with van der Waals surface area (Å²) in [6.45, 7) is 9.49. The zero-order chi connectivity index (χ0) is 14.4. The number of benzene rings is 1. The molecule has 0 radical (unpaired) electrons. The van der Waals surface area contributed by atoms with E-state index in [1.165, 1.54) is 5.56 Å². The highest BCUT2D eigenvalue weighted by Crippen LogP contribution is 2.18. The summed E-state index contributed by atoms with van der Waals surface area (Å²) in [5.74, 6) is 0.938. The van der Waals surface area contributed by atoms with Crippen molar-refractivity contribution in [1.82, 2.24) is 10.2 Å². The van der Waals surface area contributed by atoms with E-state index in [1.54, 1.807) is 0 Å². The predicted octanol–water partition coefficient (Wildman–Crippen LogP) is 3.07. The Hall–Kier alpha value is -1.06. The first-order valence-corrected chi connectivity index (χ1v) is 7.06. The SMILES string of the molecule is CC(C)Oc1ccc(C(C)NCC(C)N(C)C)cc1. The van der Waals surface area contributed by atoms with Crippen LogP contribution in [-0.2, 0) is 0 Å². The zero-order valence-corrected chi connectivity index (χ0v) is 13.1. The summed E-state index contributed by atoms with van der Waals surface area (Å²) >= 11 is 0. The van der Waals surface area contributed by atoms with E-state index in [0.29, 0.717) is 12.1 Å². The average molecular weight is 264 g/mol. The van der Waals surface area contributed by atoms with Crippen LogP contribution >= 0.6 is 0 Å². The van der Waals surface area contributed by atoms with E-state index in [4.69, 9.17) is 4.74 Å². The van der Waals surface area contributed by atoms with Gasteiger partial charge in [0, 0.05) is 18.6 Å². The second kappa shape index (κ2) is 7.51. The molecule has 0 fully saturated rings. The van der Waals surface area contributed by atoms with Crippen LogP contribution in [0.5, 0.6) is 5.75 Å². The molecule has 1 rings (SSSR count). The standard InChI is InChI=1S/C16H28N2O/c1-12(2)19-16-9-7-15(8-10-16)14(4)17-11-13(3)18(5)6/h7-10,12-14,17H,11H2,1-6H3. The van der Waals surface area contributed by atoms with Crippen LogP contribution in [0.1, 0.15) is 39.3 Å². The van der Waals surface area contributed by atoms with E-state index in [1.807, 2.05) is 26.0 Å². The highest BCUT2D eigenvalue weighted by atomic mass is 16.5. The Bertz CT molecular complexity index is 360. The van der Waals surface area contributed by atoms with Crippen molar-refractivity contribution < 1.29 is 4.74 Å². The largest absolute Gasteiger partial charge is 0.491 e. The first-order chi connectivity index (χ1) is 8.90. The minimum Gasteiger partial charge on any atom is -0.491 e. The predicted molar refractivity (Wildman–Crippen MR) is 81.8 cm³/mol. The van der Waals surface area contributed by atoms with Crippen molar-refractivity contribution in [3.63, 3.8) is 0 Å². The van der Waals surface area contributed by atoms with Crippen molar-refractivity contribution in [2.24, 2.45) is 0 Å². The Morgan fingerprint density at radius 2 is 1.63 bits per heavy atom. The average Bonchev–Trinajstić information content (AvgIpc) is 2.35. The van der Waals surface area contributed by atoms with E-state index < -0.39 is 0 Å². The van der Waals surface area contributed by atoms with Crippen molar-refractivity contribution in [2.75, 3.05) is 20.6 Å². The van der Waals surface area contributed by atoms with Crippen LogP contribution in [0.15, 0.2) is 24.3 Å². The summed E-state index contributed by atoms with van der Waals surface area (Å²) in [4.78, 5) is 2.22. The van der Waals surface area contributed by atoms with Crippen molar-refractivity contribution >= 4 is 0 Å². The lowest BCUT2D eigenvalue weighted by Crippen LogP contribution is -2.36. The van der Waals surface area contributed by atoms with Gasteiger partial charge in [-0.1, -0.05) is 12.1 Å². The van der Waals surface area contributed by atoms with Crippen LogP contribution in [-0.4, -0.2) is 37.7 Å². The molecule has 3 heteroatoms. The lowest BCUT2D eigenvalue weighted by atomic mass is 10.1. The summed E-state index contributed by atoms with van der Waals surface area (Å²) in [6, 6.07) is 9.25. The third-order valence-electron chi connectivity index (χ3n) is 3.35. The molecule has 2 atom stereocenters. The quantitative estimate of drug-likeness (QED) is 0.819. The van der Waals surface area contributed by atoms with E-state index >= 15 is 0 Å². The van der Waals surface area contributed by atoms with E-state index in [0.717, 1.165) is 12.3 Å². The maximum atomic E-state index is 5.65. The van der Waals surface area contributed by atoms with Gasteiger partial charge in [-0.15, -0.1) is 0 Å². The van der Waals surface area contributed by atoms with E-state index in [9.17, 15) is 0 Å². The molecule has 0 aliphatic heterocycles. The first-order valence-electron chi connectivity index (χ1n) is 7.06. The molecule has 0 bridgehead atoms. The van der Waals surface area contributed by atoms with Crippen LogP contribution in [0.4, 0.5) is 0 Å². The number of ether oxygens (including phenoxy) is 1. The summed E-state index contributed by atoms with van der Waals surface area (Å²) in [6.07, 6.45) is 0.224. The summed E-state index contributed by atoms with van der Waals surface area (Å²) in [5.41, 5.74) is 1.29. The van der Waals surface area contributed by atoms with E-state index in [2.05, 4.69) is 50.3 Å². The van der Waals surface area contributed by atoms with Gasteiger partial charge in [0.25, 0.3) is 0 Å². The minimum absolute atomic E-state index is 0.224. The molecule has 0 aliphatic rings. The minimum atomic E-state index is 0.224. The molecule has 0 saturated heterocycles. The second-order valence-corrected chi connectivity index (χ2v) is 5.68. The number of nitrogens with one attached hydrogen (secondary N) is 1. The van der Waals surface area contributed by atoms with Crippen LogP contribution < -0.4 is 10.1 Å². The van der Waals surface area contributed by atoms with Crippen LogP contribution in [0, 0.1) is 0 Å². The highest BCUT2D eigenvalue weighted by Gasteiger charge is 2.09. The fourth-order valence-corrected chi connectivity index (χ4v) is 1.75. The monoisotopic (exact) mass is 264 g/mol. The lowest BCUT2D eigenvalue weighted by molar-refractivity contribution is 0.242. The van der Waals surface area contributed by atoms with Crippen molar-refractivity contribution in [3.05, 3.63) is 29.8 Å². The molecule has 0 heterocycles. The Kier molecular flexibility index (Phi) is 6.32. The summed E-state index contributed by atoms with van der Waals surface area (Å²) in [5, 5.41) is 3.56. The first kappa shape index (κ1) is 16.0. The van der Waals surface area contributed by atoms with Gasteiger partial charge < -0.3 is 15.0 Å². The maximum Gasteiger partial charge on any atom is 0.119 e. The van der Waals surface area contributed by atoms with Crippen molar-refractivity contribution in [1.29, 1.82) is 0 Å². The number of likely N-dealkylation sites (N-methyl/N-ethyl adjacent to an activating group) is 1. The topological polar surface area (TPSA) is 24.5 Å². The molecule has 0 saturated carbocycles. The van der Waals surface area contributed by atoms with Gasteiger partial charge >= 0.3 is 0 Å². The molecule has 0 spiro atoms. The molecule has 108 valence electrons. The van der Waals surface area contributed by atoms with Gasteiger partial charge in [-0.2, -0.15) is 0 Å². The molecule has 0 amide bonds. The molecule has 1 N–H and O–H groups in total. The Balaban J connectivity index is 2.50. The van der Waals surface area contributed by atoms with Crippen LogP contribution in [0.2, 0.25) is 0 Å². The molecular formula is C16H28N2O. The second-order valence-electron chi connectivity index (χ2n) is 5.68. The molecule has 0 aliphatic carbocycles. The zero-order valence-electron chi connectivity index (χ0n) is 13.1. The Labute approximate surface area is 118 Å². The van der Waals surface area contributed by atoms with Gasteiger partial charge in [0.15, 0.2) is 0 Å². The normalized spacial score (nSPS) is 14.7. The van der Waals surface area contributed by atoms with Gasteiger partial charge in [-0.05, 0) is 59.5 Å². The third-order valence-corrected chi connectivity index (χ3v) is 3.35. The number of hydrogen-bond acceptors (Lipinski definition) is 3. The summed E-state index contributed by atoms with van der Waals surface area (Å²) < 4.78 is 5.65. The van der Waals surface area contributed by atoms with Gasteiger partial charge in [0.1, 0.15) is 5.75 Å².